The maximum absolute atomic E-state index is 12.6. The van der Waals surface area contributed by atoms with Crippen LogP contribution in [0.5, 0.6) is 0 Å². The molecule has 2 amide bonds. The van der Waals surface area contributed by atoms with Gasteiger partial charge in [-0.2, -0.15) is 0 Å². The van der Waals surface area contributed by atoms with Crippen LogP contribution in [0.4, 0.5) is 10.5 Å². The molecular weight excluding hydrogens is 504 g/mol. The second kappa shape index (κ2) is 12.8. The lowest BCUT2D eigenvalue weighted by molar-refractivity contribution is -0.118. The molecule has 0 spiro atoms. The van der Waals surface area contributed by atoms with Gasteiger partial charge in [0.15, 0.2) is 0 Å². The number of aldehydes is 1. The summed E-state index contributed by atoms with van der Waals surface area (Å²) in [6, 6.07) is 10.1. The van der Waals surface area contributed by atoms with Gasteiger partial charge in [-0.15, -0.1) is 0 Å². The van der Waals surface area contributed by atoms with Crippen LogP contribution in [0.1, 0.15) is 43.7 Å². The summed E-state index contributed by atoms with van der Waals surface area (Å²) in [6.45, 7) is 3.50. The van der Waals surface area contributed by atoms with E-state index < -0.39 is 22.1 Å². The maximum Gasteiger partial charge on any atom is 0.328 e. The predicted octanol–water partition coefficient (Wildman–Crippen LogP) is 3.15. The van der Waals surface area contributed by atoms with Crippen molar-refractivity contribution in [2.45, 2.75) is 56.5 Å². The number of sulfonamides is 1. The van der Waals surface area contributed by atoms with E-state index in [2.05, 4.69) is 10.6 Å². The van der Waals surface area contributed by atoms with Crippen LogP contribution in [0, 0.1) is 0 Å². The van der Waals surface area contributed by atoms with Crippen molar-refractivity contribution in [1.82, 2.24) is 15.4 Å². The molecule has 1 aliphatic heterocycles. The summed E-state index contributed by atoms with van der Waals surface area (Å²) in [5, 5.41) is 6.37. The number of ketones is 1. The number of urea groups is 1. The number of carbonyl (C=O) groups is 3. The molecule has 1 atom stereocenters. The number of rotatable bonds is 12. The van der Waals surface area contributed by atoms with Crippen LogP contribution in [0.3, 0.4) is 0 Å². The van der Waals surface area contributed by atoms with Crippen molar-refractivity contribution >= 4 is 45.4 Å². The second-order valence-corrected chi connectivity index (χ2v) is 10.8. The number of carbonyl (C=O) groups excluding carboxylic acids is 3. The van der Waals surface area contributed by atoms with E-state index >= 15 is 0 Å². The molecule has 3 N–H and O–H groups in total. The zero-order chi connectivity index (χ0) is 26.1. The predicted molar refractivity (Wildman–Crippen MR) is 139 cm³/mol. The van der Waals surface area contributed by atoms with E-state index in [1.165, 1.54) is 12.1 Å². The fourth-order valence-corrected chi connectivity index (χ4v) is 5.10. The van der Waals surface area contributed by atoms with Gasteiger partial charge in [0.2, 0.25) is 0 Å². The Kier molecular flexibility index (Phi) is 9.86. The Morgan fingerprint density at radius 1 is 1.19 bits per heavy atom. The lowest BCUT2D eigenvalue weighted by atomic mass is 10.0. The molecule has 0 fully saturated rings. The summed E-state index contributed by atoms with van der Waals surface area (Å²) in [6.07, 6.45) is 3.14. The molecule has 1 unspecified atom stereocenters. The second-order valence-electron chi connectivity index (χ2n) is 8.64. The number of unbranched alkanes of at least 4 members (excludes halogenated alkanes) is 1. The van der Waals surface area contributed by atoms with Crippen LogP contribution < -0.4 is 20.3 Å². The Balaban J connectivity index is 1.54. The molecular formula is C25H31ClN4O5S. The highest BCUT2D eigenvalue weighted by Crippen LogP contribution is 2.29. The summed E-state index contributed by atoms with van der Waals surface area (Å²) in [7, 11) is -4.01. The SMILES string of the molecule is CCCCNC(=O)NS(=O)(=O)c1ccc(CC(=O)CCC(C=O)N2CNCc3cc(Cl)ccc32)cc1. The number of halogens is 1. The summed E-state index contributed by atoms with van der Waals surface area (Å²) in [5.41, 5.74) is 2.57. The van der Waals surface area contributed by atoms with E-state index in [-0.39, 0.29) is 23.5 Å². The molecule has 194 valence electrons. The Morgan fingerprint density at radius 2 is 1.94 bits per heavy atom. The van der Waals surface area contributed by atoms with E-state index in [0.717, 1.165) is 30.4 Å². The zero-order valence-electron chi connectivity index (χ0n) is 20.1. The fraction of sp³-hybridized carbons (Fsp3) is 0.400. The molecule has 2 aromatic rings. The number of nitrogens with zero attached hydrogens (tertiary/aromatic N) is 1. The topological polar surface area (TPSA) is 125 Å². The Labute approximate surface area is 216 Å². The summed E-state index contributed by atoms with van der Waals surface area (Å²) >= 11 is 6.08. The third-order valence-electron chi connectivity index (χ3n) is 5.90. The number of Topliss-reactive ketones (excluding diaryl/α,β-unsaturated/α-hetero) is 1. The molecule has 0 aromatic heterocycles. The Hall–Kier alpha value is -2.95. The number of fused-ring (bicyclic) bond motifs is 1. The minimum Gasteiger partial charge on any atom is -0.349 e. The van der Waals surface area contributed by atoms with Gasteiger partial charge >= 0.3 is 6.03 Å². The van der Waals surface area contributed by atoms with Gasteiger partial charge in [-0.1, -0.05) is 37.1 Å². The van der Waals surface area contributed by atoms with Crippen LogP contribution in [-0.4, -0.2) is 45.8 Å². The third-order valence-corrected chi connectivity index (χ3v) is 7.48. The summed E-state index contributed by atoms with van der Waals surface area (Å²) in [4.78, 5) is 38.1. The third kappa shape index (κ3) is 7.52. The highest BCUT2D eigenvalue weighted by Gasteiger charge is 2.24. The molecule has 3 rings (SSSR count). The van der Waals surface area contributed by atoms with Crippen LogP contribution in [-0.2, 0) is 32.6 Å². The minimum absolute atomic E-state index is 0.0628. The first-order valence-electron chi connectivity index (χ1n) is 11.9. The number of nitrogens with one attached hydrogen (secondary N) is 3. The van der Waals surface area contributed by atoms with Crippen molar-refractivity contribution in [3.63, 3.8) is 0 Å². The van der Waals surface area contributed by atoms with E-state index in [9.17, 15) is 22.8 Å². The largest absolute Gasteiger partial charge is 0.349 e. The lowest BCUT2D eigenvalue weighted by Gasteiger charge is -2.36. The lowest BCUT2D eigenvalue weighted by Crippen LogP contribution is -2.46. The number of amides is 2. The van der Waals surface area contributed by atoms with Crippen LogP contribution >= 0.6 is 11.6 Å². The van der Waals surface area contributed by atoms with Crippen molar-refractivity contribution in [3.05, 3.63) is 58.6 Å². The van der Waals surface area contributed by atoms with Gasteiger partial charge in [-0.3, -0.25) is 10.1 Å². The average Bonchev–Trinajstić information content (AvgIpc) is 2.84. The van der Waals surface area contributed by atoms with Crippen LogP contribution in [0.15, 0.2) is 47.4 Å². The highest BCUT2D eigenvalue weighted by atomic mass is 35.5. The van der Waals surface area contributed by atoms with Gasteiger partial charge in [0.1, 0.15) is 12.1 Å². The highest BCUT2D eigenvalue weighted by molar-refractivity contribution is 7.90. The molecule has 0 bridgehead atoms. The number of hydrogen-bond acceptors (Lipinski definition) is 7. The van der Waals surface area contributed by atoms with Crippen LogP contribution in [0.25, 0.3) is 0 Å². The van der Waals surface area contributed by atoms with Gasteiger partial charge in [0.25, 0.3) is 10.0 Å². The fourth-order valence-electron chi connectivity index (χ4n) is 3.97. The smallest absolute Gasteiger partial charge is 0.328 e. The van der Waals surface area contributed by atoms with Gasteiger partial charge in [0.05, 0.1) is 17.6 Å². The zero-order valence-corrected chi connectivity index (χ0v) is 21.7. The monoisotopic (exact) mass is 534 g/mol. The number of benzene rings is 2. The van der Waals surface area contributed by atoms with Crippen molar-refractivity contribution in [2.75, 3.05) is 18.1 Å². The molecule has 9 nitrogen and oxygen atoms in total. The van der Waals surface area contributed by atoms with Crippen molar-refractivity contribution in [3.8, 4) is 0 Å². The molecule has 0 saturated heterocycles. The van der Waals surface area contributed by atoms with E-state index in [1.54, 1.807) is 18.2 Å². The van der Waals surface area contributed by atoms with Gasteiger partial charge in [0, 0.05) is 36.6 Å². The van der Waals surface area contributed by atoms with Gasteiger partial charge < -0.3 is 15.0 Å². The molecule has 0 saturated carbocycles. The molecule has 1 heterocycles. The van der Waals surface area contributed by atoms with Crippen LogP contribution in [0.2, 0.25) is 5.02 Å². The first-order chi connectivity index (χ1) is 17.2. The Morgan fingerprint density at radius 3 is 2.64 bits per heavy atom. The van der Waals surface area contributed by atoms with Gasteiger partial charge in [-0.05, 0) is 54.3 Å². The molecule has 2 aromatic carbocycles. The number of hydrogen-bond donors (Lipinski definition) is 3. The van der Waals surface area contributed by atoms with E-state index in [0.29, 0.717) is 36.8 Å². The summed E-state index contributed by atoms with van der Waals surface area (Å²) in [5.74, 6) is -0.0628. The molecule has 0 radical (unpaired) electrons. The van der Waals surface area contributed by atoms with E-state index in [1.807, 2.05) is 28.7 Å². The maximum atomic E-state index is 12.6. The standard InChI is InChI=1S/C25H31ClN4O5S/c1-2-3-12-28-25(33)29-36(34,35)23-9-4-18(5-10-23)13-22(32)8-7-21(16-31)30-17-27-15-19-14-20(26)6-11-24(19)30/h4-6,9-11,14,16,21,27H,2-3,7-8,12-13,15,17H2,1H3,(H2,28,29,33). The molecule has 11 heteroatoms. The van der Waals surface area contributed by atoms with Crippen molar-refractivity contribution in [1.29, 1.82) is 0 Å². The average molecular weight is 535 g/mol. The first kappa shape index (κ1) is 27.6. The quantitative estimate of drug-likeness (QED) is 0.282. The first-order valence-corrected chi connectivity index (χ1v) is 13.7. The number of anilines is 1. The van der Waals surface area contributed by atoms with Crippen molar-refractivity contribution < 1.29 is 22.8 Å². The van der Waals surface area contributed by atoms with Gasteiger partial charge in [-0.25, -0.2) is 17.9 Å². The molecule has 36 heavy (non-hydrogen) atoms. The Bertz CT molecular complexity index is 1190. The minimum atomic E-state index is -4.01. The molecule has 1 aliphatic rings. The van der Waals surface area contributed by atoms with E-state index in [4.69, 9.17) is 11.6 Å². The summed E-state index contributed by atoms with van der Waals surface area (Å²) < 4.78 is 26.8. The normalized spacial score (nSPS) is 14.0. The van der Waals surface area contributed by atoms with Crippen molar-refractivity contribution in [2.24, 2.45) is 0 Å². The molecule has 0 aliphatic carbocycles.